The fraction of sp³-hybridized carbons (Fsp3) is 0.308. The summed E-state index contributed by atoms with van der Waals surface area (Å²) in [5.74, 6) is 0.832. The van der Waals surface area contributed by atoms with E-state index in [9.17, 15) is 0 Å². The number of nitrogens with zero attached hydrogens (tertiary/aromatic N) is 3. The number of hydrogen-bond donors (Lipinski definition) is 1. The van der Waals surface area contributed by atoms with Gasteiger partial charge in [0.15, 0.2) is 0 Å². The molecule has 0 saturated carbocycles. The van der Waals surface area contributed by atoms with E-state index in [0.29, 0.717) is 5.82 Å². The van der Waals surface area contributed by atoms with Gasteiger partial charge in [0.25, 0.3) is 0 Å². The van der Waals surface area contributed by atoms with Crippen molar-refractivity contribution in [1.29, 1.82) is 0 Å². The second kappa shape index (κ2) is 4.49. The lowest BCUT2D eigenvalue weighted by atomic mass is 9.96. The van der Waals surface area contributed by atoms with Crippen molar-refractivity contribution < 1.29 is 0 Å². The van der Waals surface area contributed by atoms with Crippen molar-refractivity contribution in [2.75, 3.05) is 5.73 Å². The first-order valence-electron chi connectivity index (χ1n) is 5.62. The smallest absolute Gasteiger partial charge is 0.130 e. The summed E-state index contributed by atoms with van der Waals surface area (Å²) >= 11 is 0. The third-order valence-corrected chi connectivity index (χ3v) is 2.79. The first-order chi connectivity index (χ1) is 8.11. The molecule has 2 heterocycles. The van der Waals surface area contributed by atoms with Crippen LogP contribution >= 0.6 is 0 Å². The highest BCUT2D eigenvalue weighted by Crippen LogP contribution is 2.31. The molecule has 2 aromatic rings. The zero-order valence-corrected chi connectivity index (χ0v) is 10.3. The minimum absolute atomic E-state index is 0.283. The molecule has 4 heteroatoms. The lowest BCUT2D eigenvalue weighted by Gasteiger charge is -2.14. The van der Waals surface area contributed by atoms with E-state index in [1.54, 1.807) is 6.20 Å². The Bertz CT molecular complexity index is 535. The van der Waals surface area contributed by atoms with E-state index in [1.807, 2.05) is 19.2 Å². The molecular weight excluding hydrogens is 212 g/mol. The molecular formula is C13H16N4. The van der Waals surface area contributed by atoms with Crippen molar-refractivity contribution in [1.82, 2.24) is 15.0 Å². The number of rotatable bonds is 2. The Kier molecular flexibility index (Phi) is 3.04. The van der Waals surface area contributed by atoms with Crippen LogP contribution in [-0.4, -0.2) is 15.0 Å². The SMILES string of the molecule is Cc1ccncc1-c1ncnc(N)c1C(C)C. The summed E-state index contributed by atoms with van der Waals surface area (Å²) in [5, 5.41) is 0. The summed E-state index contributed by atoms with van der Waals surface area (Å²) in [6.07, 6.45) is 5.10. The van der Waals surface area contributed by atoms with Crippen LogP contribution in [0.3, 0.4) is 0 Å². The zero-order valence-electron chi connectivity index (χ0n) is 10.3. The Morgan fingerprint density at radius 1 is 1.24 bits per heavy atom. The van der Waals surface area contributed by atoms with Crippen molar-refractivity contribution >= 4 is 5.82 Å². The van der Waals surface area contributed by atoms with Gasteiger partial charge in [-0.1, -0.05) is 13.8 Å². The fourth-order valence-electron chi connectivity index (χ4n) is 1.90. The monoisotopic (exact) mass is 228 g/mol. The van der Waals surface area contributed by atoms with Crippen molar-refractivity contribution in [2.24, 2.45) is 0 Å². The van der Waals surface area contributed by atoms with E-state index in [4.69, 9.17) is 5.73 Å². The minimum Gasteiger partial charge on any atom is -0.383 e. The molecule has 4 nitrogen and oxygen atoms in total. The Hall–Kier alpha value is -1.97. The molecule has 0 bridgehead atoms. The number of anilines is 1. The third kappa shape index (κ3) is 2.11. The lowest BCUT2D eigenvalue weighted by Crippen LogP contribution is -2.04. The van der Waals surface area contributed by atoms with Crippen molar-refractivity contribution in [3.63, 3.8) is 0 Å². The highest BCUT2D eigenvalue weighted by atomic mass is 14.9. The number of nitrogen functional groups attached to an aromatic ring is 1. The van der Waals surface area contributed by atoms with E-state index in [2.05, 4.69) is 28.8 Å². The van der Waals surface area contributed by atoms with Crippen molar-refractivity contribution in [2.45, 2.75) is 26.7 Å². The molecule has 0 fully saturated rings. The molecule has 88 valence electrons. The molecule has 0 aromatic carbocycles. The number of nitrogens with two attached hydrogens (primary N) is 1. The van der Waals surface area contributed by atoms with Crippen LogP contribution in [0, 0.1) is 6.92 Å². The number of hydrogen-bond acceptors (Lipinski definition) is 4. The van der Waals surface area contributed by atoms with Crippen LogP contribution < -0.4 is 5.73 Å². The molecule has 0 unspecified atom stereocenters. The van der Waals surface area contributed by atoms with Gasteiger partial charge >= 0.3 is 0 Å². The summed E-state index contributed by atoms with van der Waals surface area (Å²) in [4.78, 5) is 12.6. The second-order valence-electron chi connectivity index (χ2n) is 4.37. The van der Waals surface area contributed by atoms with Crippen LogP contribution in [0.2, 0.25) is 0 Å². The van der Waals surface area contributed by atoms with Gasteiger partial charge in [-0.3, -0.25) is 4.98 Å². The molecule has 0 amide bonds. The molecule has 17 heavy (non-hydrogen) atoms. The predicted molar refractivity (Wildman–Crippen MR) is 68.5 cm³/mol. The molecule has 0 aliphatic carbocycles. The van der Waals surface area contributed by atoms with Gasteiger partial charge < -0.3 is 5.73 Å². The maximum atomic E-state index is 5.94. The quantitative estimate of drug-likeness (QED) is 0.857. The maximum Gasteiger partial charge on any atom is 0.130 e. The first-order valence-corrected chi connectivity index (χ1v) is 5.62. The molecule has 2 rings (SSSR count). The molecule has 0 aliphatic heterocycles. The van der Waals surface area contributed by atoms with Gasteiger partial charge in [0.05, 0.1) is 5.69 Å². The number of pyridine rings is 1. The van der Waals surface area contributed by atoms with Crippen LogP contribution in [0.4, 0.5) is 5.82 Å². The minimum atomic E-state index is 0.283. The van der Waals surface area contributed by atoms with E-state index in [0.717, 1.165) is 22.4 Å². The van der Waals surface area contributed by atoms with Gasteiger partial charge in [0, 0.05) is 23.5 Å². The van der Waals surface area contributed by atoms with Gasteiger partial charge in [-0.25, -0.2) is 9.97 Å². The van der Waals surface area contributed by atoms with Gasteiger partial charge in [-0.2, -0.15) is 0 Å². The lowest BCUT2D eigenvalue weighted by molar-refractivity contribution is 0.854. The Morgan fingerprint density at radius 2 is 2.00 bits per heavy atom. The molecule has 0 radical (unpaired) electrons. The third-order valence-electron chi connectivity index (χ3n) is 2.79. The largest absolute Gasteiger partial charge is 0.383 e. The Labute approximate surface area is 101 Å². The van der Waals surface area contributed by atoms with Crippen LogP contribution in [0.5, 0.6) is 0 Å². The molecule has 0 spiro atoms. The van der Waals surface area contributed by atoms with Gasteiger partial charge in [-0.15, -0.1) is 0 Å². The summed E-state index contributed by atoms with van der Waals surface area (Å²) in [5.41, 5.74) is 9.97. The van der Waals surface area contributed by atoms with Gasteiger partial charge in [0.1, 0.15) is 12.1 Å². The summed E-state index contributed by atoms with van der Waals surface area (Å²) in [6, 6.07) is 1.97. The maximum absolute atomic E-state index is 5.94. The Morgan fingerprint density at radius 3 is 2.65 bits per heavy atom. The highest BCUT2D eigenvalue weighted by Gasteiger charge is 2.15. The standard InChI is InChI=1S/C13H16N4/c1-8(2)11-12(16-7-17-13(11)14)10-6-15-5-4-9(10)3/h4-8H,1-3H3,(H2,14,16,17). The van der Waals surface area contributed by atoms with Crippen LogP contribution in [0.15, 0.2) is 24.8 Å². The highest BCUT2D eigenvalue weighted by molar-refractivity contribution is 5.70. The predicted octanol–water partition coefficient (Wildman–Crippen LogP) is 2.55. The second-order valence-corrected chi connectivity index (χ2v) is 4.37. The molecule has 2 N–H and O–H groups in total. The Balaban J connectivity index is 2.68. The van der Waals surface area contributed by atoms with Crippen LogP contribution in [0.1, 0.15) is 30.9 Å². The van der Waals surface area contributed by atoms with E-state index < -0.39 is 0 Å². The normalized spacial score (nSPS) is 10.8. The average molecular weight is 228 g/mol. The molecule has 0 saturated heterocycles. The molecule has 2 aromatic heterocycles. The number of aryl methyl sites for hydroxylation is 1. The van der Waals surface area contributed by atoms with E-state index in [1.165, 1.54) is 6.33 Å². The van der Waals surface area contributed by atoms with E-state index in [-0.39, 0.29) is 5.92 Å². The summed E-state index contributed by atoms with van der Waals surface area (Å²) in [7, 11) is 0. The topological polar surface area (TPSA) is 64.7 Å². The average Bonchev–Trinajstić information content (AvgIpc) is 2.28. The van der Waals surface area contributed by atoms with Crippen molar-refractivity contribution in [3.05, 3.63) is 35.9 Å². The summed E-state index contributed by atoms with van der Waals surface area (Å²) in [6.45, 7) is 6.22. The van der Waals surface area contributed by atoms with Crippen molar-refractivity contribution in [3.8, 4) is 11.3 Å². The van der Waals surface area contributed by atoms with Gasteiger partial charge in [-0.05, 0) is 24.5 Å². The molecule has 0 atom stereocenters. The van der Waals surface area contributed by atoms with Gasteiger partial charge in [0.2, 0.25) is 0 Å². The van der Waals surface area contributed by atoms with E-state index >= 15 is 0 Å². The van der Waals surface area contributed by atoms with Crippen LogP contribution in [-0.2, 0) is 0 Å². The first kappa shape index (κ1) is 11.5. The zero-order chi connectivity index (χ0) is 12.4. The molecule has 0 aliphatic rings. The summed E-state index contributed by atoms with van der Waals surface area (Å²) < 4.78 is 0. The van der Waals surface area contributed by atoms with Crippen LogP contribution in [0.25, 0.3) is 11.3 Å². The number of aromatic nitrogens is 3. The fourth-order valence-corrected chi connectivity index (χ4v) is 1.90.